The van der Waals surface area contributed by atoms with E-state index in [1.165, 1.54) is 11.3 Å². The van der Waals surface area contributed by atoms with Crippen LogP contribution in [0.15, 0.2) is 34.1 Å². The minimum absolute atomic E-state index is 0.150. The number of amides is 1. The van der Waals surface area contributed by atoms with Crippen LogP contribution in [0.2, 0.25) is 0 Å². The van der Waals surface area contributed by atoms with E-state index in [4.69, 9.17) is 18.0 Å². The summed E-state index contributed by atoms with van der Waals surface area (Å²) < 4.78 is 0.853. The fourth-order valence-corrected chi connectivity index (χ4v) is 2.98. The van der Waals surface area contributed by atoms with Gasteiger partial charge in [-0.2, -0.15) is 0 Å². The van der Waals surface area contributed by atoms with Crippen LogP contribution in [0.4, 0.5) is 5.69 Å². The molecule has 0 saturated heterocycles. The number of nitrogens with two attached hydrogens (primary N) is 1. The van der Waals surface area contributed by atoms with Gasteiger partial charge in [0.15, 0.2) is 0 Å². The Morgan fingerprint density at radius 3 is 2.74 bits per heavy atom. The van der Waals surface area contributed by atoms with Gasteiger partial charge in [0.05, 0.1) is 10.6 Å². The number of carbonyl (C=O) groups excluding carboxylic acids is 1. The van der Waals surface area contributed by atoms with E-state index in [-0.39, 0.29) is 10.9 Å². The fourth-order valence-electron chi connectivity index (χ4n) is 1.62. The quantitative estimate of drug-likeness (QED) is 0.826. The molecule has 0 aliphatic rings. The van der Waals surface area contributed by atoms with Gasteiger partial charge in [0.25, 0.3) is 5.91 Å². The maximum atomic E-state index is 12.2. The third-order valence-corrected chi connectivity index (χ3v) is 4.29. The van der Waals surface area contributed by atoms with Crippen molar-refractivity contribution in [1.82, 2.24) is 0 Å². The number of benzene rings is 1. The highest BCUT2D eigenvalue weighted by Crippen LogP contribution is 2.24. The number of thiocarbonyl (C=S) groups is 1. The van der Waals surface area contributed by atoms with Crippen LogP contribution >= 0.6 is 39.5 Å². The summed E-state index contributed by atoms with van der Waals surface area (Å²) in [5.41, 5.74) is 7.87. The summed E-state index contributed by atoms with van der Waals surface area (Å²) in [6, 6.07) is 7.31. The number of halogens is 1. The van der Waals surface area contributed by atoms with Crippen molar-refractivity contribution in [3.63, 3.8) is 0 Å². The molecule has 0 unspecified atom stereocenters. The second-order valence-corrected chi connectivity index (χ2v) is 6.21. The molecule has 98 valence electrons. The summed E-state index contributed by atoms with van der Waals surface area (Å²) in [5, 5.41) is 4.74. The van der Waals surface area contributed by atoms with Crippen molar-refractivity contribution in [2.75, 3.05) is 5.32 Å². The highest BCUT2D eigenvalue weighted by molar-refractivity contribution is 9.10. The number of hydrogen-bond acceptors (Lipinski definition) is 3. The highest BCUT2D eigenvalue weighted by Gasteiger charge is 2.14. The zero-order valence-corrected chi connectivity index (χ0v) is 13.3. The maximum absolute atomic E-state index is 12.2. The van der Waals surface area contributed by atoms with E-state index in [0.29, 0.717) is 16.1 Å². The zero-order valence-electron chi connectivity index (χ0n) is 10.1. The molecular weight excluding hydrogens is 344 g/mol. The normalized spacial score (nSPS) is 10.2. The van der Waals surface area contributed by atoms with E-state index in [0.717, 1.165) is 10.0 Å². The fraction of sp³-hybridized carbons (Fsp3) is 0.0769. The standard InChI is InChI=1S/C13H11BrN2OS2/c1-7-4-5-19-11(7)13(17)16-10-6-8(14)2-3-9(10)12(15)18/h2-6H,1H3,(H2,15,18)(H,16,17). The van der Waals surface area contributed by atoms with Gasteiger partial charge in [0, 0.05) is 10.0 Å². The Bertz CT molecular complexity index is 652. The first kappa shape index (κ1) is 14.2. The molecule has 0 aliphatic carbocycles. The summed E-state index contributed by atoms with van der Waals surface area (Å²) >= 11 is 9.76. The molecule has 2 rings (SSSR count). The molecule has 1 amide bonds. The Labute approximate surface area is 129 Å². The molecule has 6 heteroatoms. The van der Waals surface area contributed by atoms with Gasteiger partial charge in [-0.15, -0.1) is 11.3 Å². The van der Waals surface area contributed by atoms with Crippen LogP contribution in [0, 0.1) is 6.92 Å². The Morgan fingerprint density at radius 2 is 2.16 bits per heavy atom. The Balaban J connectivity index is 2.33. The lowest BCUT2D eigenvalue weighted by Crippen LogP contribution is -2.17. The van der Waals surface area contributed by atoms with Gasteiger partial charge < -0.3 is 11.1 Å². The minimum Gasteiger partial charge on any atom is -0.389 e. The first-order chi connectivity index (χ1) is 8.99. The van der Waals surface area contributed by atoms with E-state index >= 15 is 0 Å². The first-order valence-electron chi connectivity index (χ1n) is 5.44. The van der Waals surface area contributed by atoms with Gasteiger partial charge >= 0.3 is 0 Å². The minimum atomic E-state index is -0.150. The lowest BCUT2D eigenvalue weighted by atomic mass is 10.1. The molecule has 0 aliphatic heterocycles. The first-order valence-corrected chi connectivity index (χ1v) is 7.52. The van der Waals surface area contributed by atoms with E-state index in [2.05, 4.69) is 21.2 Å². The van der Waals surface area contributed by atoms with E-state index in [1.807, 2.05) is 24.4 Å². The van der Waals surface area contributed by atoms with Crippen LogP contribution in [0.25, 0.3) is 0 Å². The SMILES string of the molecule is Cc1ccsc1C(=O)Nc1cc(Br)ccc1C(N)=S. The topological polar surface area (TPSA) is 55.1 Å². The van der Waals surface area contributed by atoms with Gasteiger partial charge in [-0.05, 0) is 42.1 Å². The third-order valence-electron chi connectivity index (χ3n) is 2.56. The number of aryl methyl sites for hydroxylation is 1. The van der Waals surface area contributed by atoms with Gasteiger partial charge in [0.2, 0.25) is 0 Å². The molecule has 0 spiro atoms. The lowest BCUT2D eigenvalue weighted by molar-refractivity contribution is 0.103. The van der Waals surface area contributed by atoms with Gasteiger partial charge in [-0.1, -0.05) is 28.1 Å². The average Bonchev–Trinajstić information content (AvgIpc) is 2.75. The van der Waals surface area contributed by atoms with E-state index < -0.39 is 0 Å². The number of nitrogens with one attached hydrogen (secondary N) is 1. The van der Waals surface area contributed by atoms with Crippen molar-refractivity contribution < 1.29 is 4.79 Å². The predicted molar refractivity (Wildman–Crippen MR) is 87.0 cm³/mol. The number of rotatable bonds is 3. The molecule has 1 aromatic carbocycles. The molecule has 0 radical (unpaired) electrons. The summed E-state index contributed by atoms with van der Waals surface area (Å²) in [6.45, 7) is 1.90. The van der Waals surface area contributed by atoms with E-state index in [1.54, 1.807) is 12.1 Å². The van der Waals surface area contributed by atoms with Gasteiger partial charge in [-0.25, -0.2) is 0 Å². The number of hydrogen-bond donors (Lipinski definition) is 2. The molecule has 0 bridgehead atoms. The van der Waals surface area contributed by atoms with Crippen LogP contribution in [-0.4, -0.2) is 10.9 Å². The van der Waals surface area contributed by atoms with Gasteiger partial charge in [0.1, 0.15) is 4.99 Å². The van der Waals surface area contributed by atoms with Crippen molar-refractivity contribution >= 4 is 56.1 Å². The summed E-state index contributed by atoms with van der Waals surface area (Å²) in [6.07, 6.45) is 0. The van der Waals surface area contributed by atoms with Crippen LogP contribution in [0.3, 0.4) is 0 Å². The lowest BCUT2D eigenvalue weighted by Gasteiger charge is -2.10. The second-order valence-electron chi connectivity index (χ2n) is 3.94. The summed E-state index contributed by atoms with van der Waals surface area (Å²) in [7, 11) is 0. The monoisotopic (exact) mass is 354 g/mol. The van der Waals surface area contributed by atoms with Crippen molar-refractivity contribution in [2.24, 2.45) is 5.73 Å². The van der Waals surface area contributed by atoms with Crippen LogP contribution < -0.4 is 11.1 Å². The Morgan fingerprint density at radius 1 is 1.42 bits per heavy atom. The second kappa shape index (κ2) is 5.81. The van der Waals surface area contributed by atoms with Crippen molar-refractivity contribution in [3.05, 3.63) is 50.1 Å². The van der Waals surface area contributed by atoms with E-state index in [9.17, 15) is 4.79 Å². The summed E-state index contributed by atoms with van der Waals surface area (Å²) in [5.74, 6) is -0.150. The molecule has 0 atom stereocenters. The summed E-state index contributed by atoms with van der Waals surface area (Å²) in [4.78, 5) is 13.1. The van der Waals surface area contributed by atoms with Crippen molar-refractivity contribution in [1.29, 1.82) is 0 Å². The largest absolute Gasteiger partial charge is 0.389 e. The molecular formula is C13H11BrN2OS2. The number of thiophene rings is 1. The van der Waals surface area contributed by atoms with Crippen molar-refractivity contribution in [3.8, 4) is 0 Å². The Kier molecular flexibility index (Phi) is 4.34. The molecule has 1 aromatic heterocycles. The van der Waals surface area contributed by atoms with Crippen LogP contribution in [0.5, 0.6) is 0 Å². The number of anilines is 1. The van der Waals surface area contributed by atoms with Gasteiger partial charge in [-0.3, -0.25) is 4.79 Å². The molecule has 1 heterocycles. The molecule has 3 nitrogen and oxygen atoms in total. The smallest absolute Gasteiger partial charge is 0.266 e. The van der Waals surface area contributed by atoms with Crippen molar-refractivity contribution in [2.45, 2.75) is 6.92 Å². The third kappa shape index (κ3) is 3.20. The molecule has 2 aromatic rings. The Hall–Kier alpha value is -1.24. The molecule has 3 N–H and O–H groups in total. The highest BCUT2D eigenvalue weighted by atomic mass is 79.9. The molecule has 19 heavy (non-hydrogen) atoms. The molecule has 0 saturated carbocycles. The molecule has 0 fully saturated rings. The zero-order chi connectivity index (χ0) is 14.0. The van der Waals surface area contributed by atoms with Crippen LogP contribution in [0.1, 0.15) is 20.8 Å². The van der Waals surface area contributed by atoms with Crippen LogP contribution in [-0.2, 0) is 0 Å². The maximum Gasteiger partial charge on any atom is 0.266 e. The predicted octanol–water partition coefficient (Wildman–Crippen LogP) is 3.71. The average molecular weight is 355 g/mol. The number of carbonyl (C=O) groups is 1.